The number of hydrogen-bond donors (Lipinski definition) is 3. The Kier molecular flexibility index (Phi) is 3.19. The van der Waals surface area contributed by atoms with E-state index in [-0.39, 0.29) is 17.9 Å². The van der Waals surface area contributed by atoms with Gasteiger partial charge in [0.2, 0.25) is 0 Å². The van der Waals surface area contributed by atoms with Crippen LogP contribution in [0.4, 0.5) is 4.39 Å². The van der Waals surface area contributed by atoms with Crippen LogP contribution in [0, 0.1) is 5.82 Å². The molecule has 1 amide bonds. The van der Waals surface area contributed by atoms with Crippen LogP contribution >= 0.6 is 0 Å². The van der Waals surface area contributed by atoms with E-state index >= 15 is 0 Å². The van der Waals surface area contributed by atoms with Crippen molar-refractivity contribution in [1.29, 1.82) is 0 Å². The summed E-state index contributed by atoms with van der Waals surface area (Å²) >= 11 is 0. The number of H-pyrrole nitrogens is 2. The summed E-state index contributed by atoms with van der Waals surface area (Å²) in [4.78, 5) is 29.5. The summed E-state index contributed by atoms with van der Waals surface area (Å²) in [7, 11) is 0. The molecule has 3 rings (SSSR count). The molecule has 2 aromatic heterocycles. The lowest BCUT2D eigenvalue weighted by Gasteiger charge is -2.06. The average Bonchev–Trinajstić information content (AvgIpc) is 2.89. The van der Waals surface area contributed by atoms with Crippen molar-refractivity contribution in [3.8, 4) is 0 Å². The second-order valence-electron chi connectivity index (χ2n) is 4.34. The fourth-order valence-electron chi connectivity index (χ4n) is 1.98. The zero-order valence-electron chi connectivity index (χ0n) is 10.7. The van der Waals surface area contributed by atoms with Crippen LogP contribution in [0.15, 0.2) is 35.3 Å². The monoisotopic (exact) mass is 287 g/mol. The summed E-state index contributed by atoms with van der Waals surface area (Å²) < 4.78 is 13.6. The molecular formula is C13H10FN5O2. The zero-order valence-corrected chi connectivity index (χ0v) is 10.7. The first kappa shape index (κ1) is 13.0. The van der Waals surface area contributed by atoms with Crippen LogP contribution in [0.3, 0.4) is 0 Å². The fraction of sp³-hybridized carbons (Fsp3) is 0.0769. The third kappa shape index (κ3) is 2.64. The van der Waals surface area contributed by atoms with Crippen molar-refractivity contribution in [2.24, 2.45) is 0 Å². The Labute approximate surface area is 117 Å². The van der Waals surface area contributed by atoms with Gasteiger partial charge in [-0.3, -0.25) is 14.8 Å². The normalized spacial score (nSPS) is 10.7. The third-order valence-corrected chi connectivity index (χ3v) is 2.88. The number of carbonyl (C=O) groups is 1. The van der Waals surface area contributed by atoms with Crippen molar-refractivity contribution in [2.45, 2.75) is 6.54 Å². The minimum Gasteiger partial charge on any atom is -0.345 e. The topological polar surface area (TPSA) is 104 Å². The molecule has 0 aliphatic heterocycles. The average molecular weight is 287 g/mol. The molecule has 0 radical (unpaired) electrons. The zero-order chi connectivity index (χ0) is 14.8. The lowest BCUT2D eigenvalue weighted by molar-refractivity contribution is 0.0951. The van der Waals surface area contributed by atoms with Gasteiger partial charge >= 0.3 is 5.69 Å². The number of amides is 1. The minimum absolute atomic E-state index is 0.0163. The van der Waals surface area contributed by atoms with Crippen molar-refractivity contribution in [3.63, 3.8) is 0 Å². The quantitative estimate of drug-likeness (QED) is 0.660. The number of nitrogens with zero attached hydrogens (tertiary/aromatic N) is 2. The second-order valence-corrected chi connectivity index (χ2v) is 4.34. The smallest absolute Gasteiger partial charge is 0.340 e. The standard InChI is InChI=1S/C13H10FN5O2/c14-8-4-7-2-1-3-15-11(7)9(5-8)12(20)16-6-10-17-13(21)19-18-10/h1-5H,6H2,(H,16,20)(H2,17,18,19,21). The Balaban J connectivity index is 1.89. The van der Waals surface area contributed by atoms with Gasteiger partial charge in [-0.05, 0) is 18.2 Å². The first-order chi connectivity index (χ1) is 10.1. The molecule has 3 N–H and O–H groups in total. The van der Waals surface area contributed by atoms with Crippen molar-refractivity contribution in [1.82, 2.24) is 25.5 Å². The van der Waals surface area contributed by atoms with Gasteiger partial charge in [0.15, 0.2) is 0 Å². The lowest BCUT2D eigenvalue weighted by atomic mass is 10.1. The van der Waals surface area contributed by atoms with Gasteiger partial charge in [-0.1, -0.05) is 6.07 Å². The van der Waals surface area contributed by atoms with E-state index in [4.69, 9.17) is 0 Å². The molecule has 0 aliphatic carbocycles. The maximum Gasteiger partial charge on any atom is 0.340 e. The van der Waals surface area contributed by atoms with Crippen molar-refractivity contribution < 1.29 is 9.18 Å². The molecule has 2 heterocycles. The van der Waals surface area contributed by atoms with Gasteiger partial charge in [-0.25, -0.2) is 14.3 Å². The summed E-state index contributed by atoms with van der Waals surface area (Å²) in [5.74, 6) is -0.738. The van der Waals surface area contributed by atoms with Crippen LogP contribution < -0.4 is 11.0 Å². The lowest BCUT2D eigenvalue weighted by Crippen LogP contribution is -2.24. The van der Waals surface area contributed by atoms with Crippen LogP contribution in [0.2, 0.25) is 0 Å². The Bertz CT molecular complexity index is 870. The Hall–Kier alpha value is -3.03. The predicted molar refractivity (Wildman–Crippen MR) is 72.1 cm³/mol. The molecule has 8 heteroatoms. The van der Waals surface area contributed by atoms with E-state index in [2.05, 4.69) is 25.5 Å². The van der Waals surface area contributed by atoms with Gasteiger partial charge in [0.05, 0.1) is 17.6 Å². The Morgan fingerprint density at radius 3 is 3.00 bits per heavy atom. The summed E-state index contributed by atoms with van der Waals surface area (Å²) in [6.45, 7) is 0.0163. The highest BCUT2D eigenvalue weighted by molar-refractivity contribution is 6.05. The SMILES string of the molecule is O=C(NCc1n[nH]c(=O)[nH]1)c1cc(F)cc2cccnc12. The molecule has 0 fully saturated rings. The molecule has 106 valence electrons. The van der Waals surface area contributed by atoms with Crippen LogP contribution in [-0.2, 0) is 6.54 Å². The highest BCUT2D eigenvalue weighted by Crippen LogP contribution is 2.18. The number of fused-ring (bicyclic) bond motifs is 1. The van der Waals surface area contributed by atoms with Crippen molar-refractivity contribution >= 4 is 16.8 Å². The molecule has 0 aliphatic rings. The fourth-order valence-corrected chi connectivity index (χ4v) is 1.98. The van der Waals surface area contributed by atoms with Gasteiger partial charge in [0.25, 0.3) is 5.91 Å². The van der Waals surface area contributed by atoms with Crippen LogP contribution in [0.5, 0.6) is 0 Å². The van der Waals surface area contributed by atoms with E-state index in [1.165, 1.54) is 12.3 Å². The summed E-state index contributed by atoms with van der Waals surface area (Å²) in [6.07, 6.45) is 1.53. The number of nitrogens with one attached hydrogen (secondary N) is 3. The molecule has 0 unspecified atom stereocenters. The minimum atomic E-state index is -0.520. The van der Waals surface area contributed by atoms with Gasteiger partial charge < -0.3 is 5.32 Å². The number of hydrogen-bond acceptors (Lipinski definition) is 4. The van der Waals surface area contributed by atoms with Gasteiger partial charge in [0.1, 0.15) is 11.6 Å². The number of halogens is 1. The van der Waals surface area contributed by atoms with Crippen LogP contribution in [0.1, 0.15) is 16.2 Å². The number of rotatable bonds is 3. The van der Waals surface area contributed by atoms with Crippen molar-refractivity contribution in [2.75, 3.05) is 0 Å². The number of aromatic amines is 2. The number of pyridine rings is 1. The number of benzene rings is 1. The molecule has 21 heavy (non-hydrogen) atoms. The number of carbonyl (C=O) groups excluding carboxylic acids is 1. The summed E-state index contributed by atoms with van der Waals surface area (Å²) in [5.41, 5.74) is 0.0764. The molecule has 0 bridgehead atoms. The summed E-state index contributed by atoms with van der Waals surface area (Å²) in [6, 6.07) is 5.77. The van der Waals surface area contributed by atoms with Crippen LogP contribution in [-0.4, -0.2) is 26.1 Å². The first-order valence-electron chi connectivity index (χ1n) is 6.09. The highest BCUT2D eigenvalue weighted by atomic mass is 19.1. The maximum atomic E-state index is 13.6. The summed E-state index contributed by atoms with van der Waals surface area (Å²) in [5, 5.41) is 8.94. The van der Waals surface area contributed by atoms with Crippen molar-refractivity contribution in [3.05, 3.63) is 58.2 Å². The molecule has 3 aromatic rings. The Morgan fingerprint density at radius 2 is 2.24 bits per heavy atom. The molecular weight excluding hydrogens is 277 g/mol. The van der Waals surface area contributed by atoms with Crippen LogP contribution in [0.25, 0.3) is 10.9 Å². The van der Waals surface area contributed by atoms with E-state index in [0.717, 1.165) is 6.07 Å². The van der Waals surface area contributed by atoms with E-state index in [9.17, 15) is 14.0 Å². The molecule has 1 aromatic carbocycles. The van der Waals surface area contributed by atoms with E-state index < -0.39 is 17.4 Å². The highest BCUT2D eigenvalue weighted by Gasteiger charge is 2.13. The first-order valence-corrected chi connectivity index (χ1v) is 6.09. The van der Waals surface area contributed by atoms with E-state index in [1.807, 2.05) is 0 Å². The Morgan fingerprint density at radius 1 is 1.38 bits per heavy atom. The molecule has 0 saturated heterocycles. The second kappa shape index (κ2) is 5.16. The van der Waals surface area contributed by atoms with Gasteiger partial charge in [-0.2, -0.15) is 5.10 Å². The third-order valence-electron chi connectivity index (χ3n) is 2.88. The molecule has 0 atom stereocenters. The number of aromatic nitrogens is 4. The predicted octanol–water partition coefficient (Wildman–Crippen LogP) is 0.715. The molecule has 7 nitrogen and oxygen atoms in total. The molecule has 0 saturated carbocycles. The van der Waals surface area contributed by atoms with E-state index in [1.54, 1.807) is 12.1 Å². The molecule has 0 spiro atoms. The van der Waals surface area contributed by atoms with Gasteiger partial charge in [-0.15, -0.1) is 0 Å². The van der Waals surface area contributed by atoms with E-state index in [0.29, 0.717) is 10.9 Å². The maximum absolute atomic E-state index is 13.6. The largest absolute Gasteiger partial charge is 0.345 e. The van der Waals surface area contributed by atoms with Gasteiger partial charge in [0, 0.05) is 11.6 Å².